The van der Waals surface area contributed by atoms with Gasteiger partial charge in [0.05, 0.1) is 81.6 Å². The van der Waals surface area contributed by atoms with Gasteiger partial charge in [0.15, 0.2) is 0 Å². The highest BCUT2D eigenvalue weighted by Gasteiger charge is 2.22. The molecule has 12 rings (SSSR count). The minimum atomic E-state index is 0.633. The number of aromatic nitrogens is 12. The highest BCUT2D eigenvalue weighted by atomic mass is 16.5. The fourth-order valence-corrected chi connectivity index (χ4v) is 11.0. The monoisotopic (exact) mass is 1160 g/mol. The molecule has 86 heavy (non-hydrogen) atoms. The molecule has 0 bridgehead atoms. The van der Waals surface area contributed by atoms with Gasteiger partial charge in [-0.2, -0.15) is 0 Å². The van der Waals surface area contributed by atoms with Gasteiger partial charge in [0.2, 0.25) is 0 Å². The van der Waals surface area contributed by atoms with Gasteiger partial charge >= 0.3 is 0 Å². The van der Waals surface area contributed by atoms with E-state index in [1.807, 2.05) is 72.8 Å². The summed E-state index contributed by atoms with van der Waals surface area (Å²) in [6.07, 6.45) is 6.84. The fourth-order valence-electron chi connectivity index (χ4n) is 11.0. The number of nitrogens with zero attached hydrogens (tertiary/aromatic N) is 10. The second kappa shape index (κ2) is 25.8. The van der Waals surface area contributed by atoms with Crippen LogP contribution in [0.3, 0.4) is 0 Å². The molecule has 20 nitrogen and oxygen atoms in total. The van der Waals surface area contributed by atoms with Crippen molar-refractivity contribution in [2.45, 2.75) is 51.4 Å². The SMILES string of the molecule is CN(C)CCCOc1ccc2nc(-c3ccc(-c4nc5ccc(OCCCN(C)C)cc5[nH]4)c4[nH]c(CCCCc5nc6c(-c7nc8ccc(OCCCN(C)C)cc8[nH]7)ccc(-c7nc8ccc(OCCCN(C)C)cc8[nH]7)c6[nH]5)nc34)[nH]c2c1. The summed E-state index contributed by atoms with van der Waals surface area (Å²) in [4.78, 5) is 61.6. The van der Waals surface area contributed by atoms with E-state index in [1.54, 1.807) is 0 Å². The van der Waals surface area contributed by atoms with Crippen molar-refractivity contribution < 1.29 is 18.9 Å². The van der Waals surface area contributed by atoms with Crippen LogP contribution in [0.15, 0.2) is 97.1 Å². The molecule has 0 unspecified atom stereocenters. The summed E-state index contributed by atoms with van der Waals surface area (Å²) in [5.74, 6) is 7.89. The van der Waals surface area contributed by atoms with Crippen molar-refractivity contribution in [2.75, 3.05) is 109 Å². The summed E-state index contributed by atoms with van der Waals surface area (Å²) in [5, 5.41) is 0. The maximum Gasteiger partial charge on any atom is 0.140 e. The minimum absolute atomic E-state index is 0.633. The number of ether oxygens (including phenoxy) is 4. The van der Waals surface area contributed by atoms with Gasteiger partial charge < -0.3 is 68.5 Å². The maximum atomic E-state index is 6.15. The topological polar surface area (TPSA) is 222 Å². The molecule has 446 valence electrons. The van der Waals surface area contributed by atoms with Crippen LogP contribution in [0.5, 0.6) is 23.0 Å². The molecule has 0 aliphatic carbocycles. The Bertz CT molecular complexity index is 3740. The molecule has 6 N–H and O–H groups in total. The van der Waals surface area contributed by atoms with Crippen LogP contribution in [0.25, 0.3) is 112 Å². The Morgan fingerprint density at radius 3 is 0.884 bits per heavy atom. The van der Waals surface area contributed by atoms with Crippen molar-refractivity contribution in [1.82, 2.24) is 79.4 Å². The summed E-state index contributed by atoms with van der Waals surface area (Å²) < 4.78 is 24.6. The first-order valence-electron chi connectivity index (χ1n) is 30.0. The third-order valence-corrected chi connectivity index (χ3v) is 15.4. The van der Waals surface area contributed by atoms with E-state index >= 15 is 0 Å². The van der Waals surface area contributed by atoms with Gasteiger partial charge in [-0.05, 0) is 168 Å². The Morgan fingerprint density at radius 2 is 0.593 bits per heavy atom. The Morgan fingerprint density at radius 1 is 0.314 bits per heavy atom. The average molecular weight is 1160 g/mol. The standard InChI is InChI=1S/C66H78N16O4/c1-79(2)29-11-33-83-41-17-25-49-53(37-41)71-63(67-49)45-21-22-46(64-68-50-26-18-42(38-54(50)72-64)84-34-12-30-80(3)4)60-59(45)75-57(76-60)15-9-10-16-58-77-61-47(65-69-51-27-19-43(39-55(51)73-65)85-35-13-31-81(5)6)23-24-48(62(61)78-58)66-70-52-28-20-44(40-56(52)74-66)86-36-14-32-82(7)8/h17-28,37-40H,9-16,29-36H2,1-8H3,(H,67,71)(H,68,72)(H,69,73)(H,70,74)(H,75,76)(H,77,78). The Balaban J connectivity index is 0.826. The van der Waals surface area contributed by atoms with Gasteiger partial charge in [-0.1, -0.05) is 0 Å². The molecule has 0 aliphatic heterocycles. The van der Waals surface area contributed by atoms with Crippen LogP contribution in [-0.2, 0) is 12.8 Å². The number of aromatic amines is 6. The van der Waals surface area contributed by atoms with Crippen LogP contribution in [0.4, 0.5) is 0 Å². The van der Waals surface area contributed by atoms with Gasteiger partial charge in [-0.15, -0.1) is 0 Å². The zero-order valence-corrected chi connectivity index (χ0v) is 50.7. The summed E-state index contributed by atoms with van der Waals surface area (Å²) >= 11 is 0. The van der Waals surface area contributed by atoms with E-state index in [9.17, 15) is 0 Å². The fraction of sp³-hybridized carbons (Fsp3) is 0.364. The molecule has 0 atom stereocenters. The van der Waals surface area contributed by atoms with Crippen molar-refractivity contribution in [3.8, 4) is 68.5 Å². The van der Waals surface area contributed by atoms with E-state index in [-0.39, 0.29) is 0 Å². The lowest BCUT2D eigenvalue weighted by Crippen LogP contribution is -2.15. The molecular formula is C66H78N16O4. The van der Waals surface area contributed by atoms with E-state index in [2.05, 4.69) is 130 Å². The summed E-state index contributed by atoms with van der Waals surface area (Å²) in [6.45, 7) is 6.37. The largest absolute Gasteiger partial charge is 0.493 e. The molecule has 6 aromatic carbocycles. The van der Waals surface area contributed by atoms with Gasteiger partial charge in [0.25, 0.3) is 0 Å². The molecule has 0 aliphatic rings. The third kappa shape index (κ3) is 13.3. The zero-order chi connectivity index (χ0) is 59.3. The molecular weight excluding hydrogens is 1080 g/mol. The highest BCUT2D eigenvalue weighted by Crippen LogP contribution is 2.38. The molecule has 0 amide bonds. The quantitative estimate of drug-likeness (QED) is 0.0240. The highest BCUT2D eigenvalue weighted by molar-refractivity contribution is 6.02. The minimum Gasteiger partial charge on any atom is -0.493 e. The molecule has 0 fully saturated rings. The number of hydrogen-bond donors (Lipinski definition) is 6. The molecule has 0 saturated carbocycles. The molecule has 12 aromatic rings. The van der Waals surface area contributed by atoms with E-state index in [4.69, 9.17) is 48.9 Å². The predicted octanol–water partition coefficient (Wildman–Crippen LogP) is 11.5. The number of benzene rings is 6. The summed E-state index contributed by atoms with van der Waals surface area (Å²) in [6, 6.07) is 32.5. The molecule has 20 heteroatoms. The first-order valence-corrected chi connectivity index (χ1v) is 30.0. The Labute approximate surface area is 500 Å². The van der Waals surface area contributed by atoms with E-state index < -0.39 is 0 Å². The second-order valence-corrected chi connectivity index (χ2v) is 23.4. The third-order valence-electron chi connectivity index (χ3n) is 15.4. The maximum absolute atomic E-state index is 6.15. The number of rotatable bonds is 29. The van der Waals surface area contributed by atoms with Crippen LogP contribution in [-0.4, -0.2) is 188 Å². The zero-order valence-electron chi connectivity index (χ0n) is 50.7. The number of unbranched alkanes of at least 4 members (excludes halogenated alkanes) is 1. The molecule has 6 aromatic heterocycles. The first kappa shape index (κ1) is 57.6. The van der Waals surface area contributed by atoms with Crippen LogP contribution in [0, 0.1) is 0 Å². The van der Waals surface area contributed by atoms with Gasteiger partial charge in [-0.25, -0.2) is 29.9 Å². The second-order valence-electron chi connectivity index (χ2n) is 23.4. The van der Waals surface area contributed by atoms with Crippen molar-refractivity contribution in [2.24, 2.45) is 0 Å². The van der Waals surface area contributed by atoms with E-state index in [1.165, 1.54) is 0 Å². The Hall–Kier alpha value is -8.82. The van der Waals surface area contributed by atoms with E-state index in [0.29, 0.717) is 39.3 Å². The average Bonchev–Trinajstić information content (AvgIpc) is 1.77. The van der Waals surface area contributed by atoms with Gasteiger partial charge in [0.1, 0.15) is 69.0 Å². The predicted molar refractivity (Wildman–Crippen MR) is 344 cm³/mol. The van der Waals surface area contributed by atoms with Crippen LogP contribution in [0.2, 0.25) is 0 Å². The number of aryl methyl sites for hydroxylation is 2. The van der Waals surface area contributed by atoms with Crippen molar-refractivity contribution in [3.05, 3.63) is 109 Å². The molecule has 0 saturated heterocycles. The number of fused-ring (bicyclic) bond motifs is 6. The Kier molecular flexibility index (Phi) is 17.3. The normalized spacial score (nSPS) is 12.2. The smallest absolute Gasteiger partial charge is 0.140 e. The summed E-state index contributed by atoms with van der Waals surface area (Å²) in [5.41, 5.74) is 14.0. The van der Waals surface area contributed by atoms with Crippen molar-refractivity contribution in [1.29, 1.82) is 0 Å². The lowest BCUT2D eigenvalue weighted by molar-refractivity contribution is 0.282. The number of imidazole rings is 6. The molecule has 0 radical (unpaired) electrons. The van der Waals surface area contributed by atoms with Crippen molar-refractivity contribution in [3.63, 3.8) is 0 Å². The van der Waals surface area contributed by atoms with Crippen LogP contribution < -0.4 is 18.9 Å². The molecule has 6 heterocycles. The van der Waals surface area contributed by atoms with E-state index in [0.717, 1.165) is 211 Å². The lowest BCUT2D eigenvalue weighted by Gasteiger charge is -2.10. The van der Waals surface area contributed by atoms with Gasteiger partial charge in [-0.3, -0.25) is 0 Å². The van der Waals surface area contributed by atoms with Crippen molar-refractivity contribution >= 4 is 66.2 Å². The number of nitrogens with one attached hydrogen (secondary N) is 6. The summed E-state index contributed by atoms with van der Waals surface area (Å²) in [7, 11) is 16.6. The first-order chi connectivity index (χ1) is 41.8. The number of hydrogen-bond acceptors (Lipinski definition) is 14. The number of H-pyrrole nitrogens is 6. The lowest BCUT2D eigenvalue weighted by atomic mass is 10.1. The molecule has 0 spiro atoms. The van der Waals surface area contributed by atoms with Crippen LogP contribution >= 0.6 is 0 Å². The van der Waals surface area contributed by atoms with Crippen LogP contribution in [0.1, 0.15) is 50.2 Å². The van der Waals surface area contributed by atoms with Gasteiger partial charge in [0, 0.05) is 85.5 Å².